The Bertz CT molecular complexity index is 529. The highest BCUT2D eigenvalue weighted by molar-refractivity contribution is 7.89. The first kappa shape index (κ1) is 16.4. The predicted molar refractivity (Wildman–Crippen MR) is 76.1 cm³/mol. The standard InChI is InChI=1S/C11H20N4O2S.ClH/c1-4-14-8-11(13-10(14)3)18(16,17)15-6-5-12-9(2)7-15;/h8-9,12H,4-7H2,1-3H3;1H/t9-;/m1./s1. The molecule has 19 heavy (non-hydrogen) atoms. The van der Waals surface area contributed by atoms with E-state index in [9.17, 15) is 8.42 Å². The molecule has 1 atom stereocenters. The molecule has 2 rings (SSSR count). The smallest absolute Gasteiger partial charge is 0.262 e. The van der Waals surface area contributed by atoms with Crippen LogP contribution in [-0.2, 0) is 16.6 Å². The zero-order valence-corrected chi connectivity index (χ0v) is 13.1. The second-order valence-corrected chi connectivity index (χ2v) is 6.52. The van der Waals surface area contributed by atoms with Gasteiger partial charge in [0.25, 0.3) is 10.0 Å². The summed E-state index contributed by atoms with van der Waals surface area (Å²) < 4.78 is 28.2. The maximum Gasteiger partial charge on any atom is 0.262 e. The second kappa shape index (κ2) is 6.21. The summed E-state index contributed by atoms with van der Waals surface area (Å²) in [5.74, 6) is 0.735. The Morgan fingerprint density at radius 3 is 2.74 bits per heavy atom. The Morgan fingerprint density at radius 1 is 1.53 bits per heavy atom. The van der Waals surface area contributed by atoms with Crippen molar-refractivity contribution in [2.75, 3.05) is 19.6 Å². The fraction of sp³-hybridized carbons (Fsp3) is 0.727. The number of aromatic nitrogens is 2. The number of imidazole rings is 1. The van der Waals surface area contributed by atoms with Crippen LogP contribution in [0.2, 0.25) is 0 Å². The molecule has 110 valence electrons. The molecule has 1 saturated heterocycles. The van der Waals surface area contributed by atoms with Crippen LogP contribution in [0.1, 0.15) is 19.7 Å². The second-order valence-electron chi connectivity index (χ2n) is 4.63. The van der Waals surface area contributed by atoms with Gasteiger partial charge in [-0.1, -0.05) is 0 Å². The molecule has 8 heteroatoms. The molecule has 6 nitrogen and oxygen atoms in total. The molecule has 0 aliphatic carbocycles. The predicted octanol–water partition coefficient (Wildman–Crippen LogP) is 0.616. The minimum atomic E-state index is -3.45. The molecule has 0 bridgehead atoms. The average Bonchev–Trinajstić information content (AvgIpc) is 2.71. The molecule has 0 spiro atoms. The van der Waals surface area contributed by atoms with E-state index >= 15 is 0 Å². The molecule has 0 radical (unpaired) electrons. The van der Waals surface area contributed by atoms with Gasteiger partial charge in [-0.05, 0) is 20.8 Å². The van der Waals surface area contributed by atoms with E-state index in [1.165, 1.54) is 4.31 Å². The van der Waals surface area contributed by atoms with Gasteiger partial charge >= 0.3 is 0 Å². The molecule has 2 heterocycles. The minimum Gasteiger partial charge on any atom is -0.334 e. The number of hydrogen-bond acceptors (Lipinski definition) is 4. The first-order chi connectivity index (χ1) is 8.45. The topological polar surface area (TPSA) is 67.2 Å². The summed E-state index contributed by atoms with van der Waals surface area (Å²) in [6, 6.07) is 0.183. The summed E-state index contributed by atoms with van der Waals surface area (Å²) in [7, 11) is -3.45. The van der Waals surface area contributed by atoms with Gasteiger partial charge in [-0.3, -0.25) is 0 Å². The normalized spacial score (nSPS) is 21.1. The summed E-state index contributed by atoms with van der Waals surface area (Å²) in [4.78, 5) is 4.17. The first-order valence-electron chi connectivity index (χ1n) is 6.22. The van der Waals surface area contributed by atoms with Crippen LogP contribution < -0.4 is 5.32 Å². The van der Waals surface area contributed by atoms with E-state index in [-0.39, 0.29) is 23.5 Å². The van der Waals surface area contributed by atoms with Crippen molar-refractivity contribution in [3.8, 4) is 0 Å². The van der Waals surface area contributed by atoms with Crippen LogP contribution in [0.3, 0.4) is 0 Å². The van der Waals surface area contributed by atoms with Gasteiger partial charge in [0.1, 0.15) is 5.82 Å². The highest BCUT2D eigenvalue weighted by Gasteiger charge is 2.30. The number of aryl methyl sites for hydroxylation is 2. The van der Waals surface area contributed by atoms with Crippen molar-refractivity contribution in [3.05, 3.63) is 12.0 Å². The summed E-state index contributed by atoms with van der Waals surface area (Å²) >= 11 is 0. The van der Waals surface area contributed by atoms with Crippen LogP contribution in [0.15, 0.2) is 11.2 Å². The Kier molecular flexibility index (Phi) is 5.37. The molecule has 1 aliphatic rings. The van der Waals surface area contributed by atoms with E-state index < -0.39 is 10.0 Å². The van der Waals surface area contributed by atoms with Crippen molar-refractivity contribution in [2.24, 2.45) is 0 Å². The lowest BCUT2D eigenvalue weighted by Crippen LogP contribution is -2.51. The molecule has 1 aliphatic heterocycles. The Balaban J connectivity index is 0.00000180. The maximum absolute atomic E-state index is 12.4. The van der Waals surface area contributed by atoms with Crippen LogP contribution in [0.25, 0.3) is 0 Å². The van der Waals surface area contributed by atoms with Gasteiger partial charge in [0.2, 0.25) is 0 Å². The molecule has 1 N–H and O–H groups in total. The summed E-state index contributed by atoms with van der Waals surface area (Å²) in [5.41, 5.74) is 0. The van der Waals surface area contributed by atoms with E-state index in [1.807, 2.05) is 25.3 Å². The van der Waals surface area contributed by atoms with Crippen LogP contribution in [-0.4, -0.2) is 48.0 Å². The minimum absolute atomic E-state index is 0. The van der Waals surface area contributed by atoms with Gasteiger partial charge in [-0.25, -0.2) is 13.4 Å². The zero-order valence-electron chi connectivity index (χ0n) is 11.5. The van der Waals surface area contributed by atoms with Gasteiger partial charge in [0.15, 0.2) is 5.03 Å². The van der Waals surface area contributed by atoms with Crippen molar-refractivity contribution >= 4 is 22.4 Å². The van der Waals surface area contributed by atoms with Crippen LogP contribution in [0, 0.1) is 6.92 Å². The molecular formula is C11H21ClN4O2S. The summed E-state index contributed by atoms with van der Waals surface area (Å²) in [6.45, 7) is 8.20. The number of hydrogen-bond donors (Lipinski definition) is 1. The SMILES string of the molecule is CCn1cc(S(=O)(=O)N2CCN[C@H](C)C2)nc1C.Cl. The Labute approximate surface area is 120 Å². The lowest BCUT2D eigenvalue weighted by atomic mass is 10.3. The van der Waals surface area contributed by atoms with E-state index in [0.717, 1.165) is 12.4 Å². The van der Waals surface area contributed by atoms with Crippen molar-refractivity contribution in [2.45, 2.75) is 38.4 Å². The molecule has 1 aromatic heterocycles. The molecular weight excluding hydrogens is 288 g/mol. The fourth-order valence-electron chi connectivity index (χ4n) is 2.17. The lowest BCUT2D eigenvalue weighted by molar-refractivity contribution is 0.309. The third-order valence-corrected chi connectivity index (χ3v) is 4.97. The number of rotatable bonds is 3. The number of halogens is 1. The monoisotopic (exact) mass is 308 g/mol. The highest BCUT2D eigenvalue weighted by Crippen LogP contribution is 2.16. The maximum atomic E-state index is 12.4. The van der Waals surface area contributed by atoms with Gasteiger partial charge in [-0.2, -0.15) is 4.31 Å². The quantitative estimate of drug-likeness (QED) is 0.889. The largest absolute Gasteiger partial charge is 0.334 e. The fourth-order valence-corrected chi connectivity index (χ4v) is 3.70. The van der Waals surface area contributed by atoms with E-state index in [2.05, 4.69) is 10.3 Å². The summed E-state index contributed by atoms with van der Waals surface area (Å²) in [5, 5.41) is 3.39. The number of nitrogens with one attached hydrogen (secondary N) is 1. The van der Waals surface area contributed by atoms with E-state index in [0.29, 0.717) is 19.6 Å². The van der Waals surface area contributed by atoms with Crippen molar-refractivity contribution in [3.63, 3.8) is 0 Å². The van der Waals surface area contributed by atoms with E-state index in [4.69, 9.17) is 0 Å². The van der Waals surface area contributed by atoms with Crippen LogP contribution in [0.5, 0.6) is 0 Å². The zero-order chi connectivity index (χ0) is 13.3. The molecule has 0 amide bonds. The van der Waals surface area contributed by atoms with Crippen molar-refractivity contribution in [1.29, 1.82) is 0 Å². The Morgan fingerprint density at radius 2 is 2.21 bits per heavy atom. The van der Waals surface area contributed by atoms with Crippen LogP contribution >= 0.6 is 12.4 Å². The van der Waals surface area contributed by atoms with Crippen molar-refractivity contribution < 1.29 is 8.42 Å². The van der Waals surface area contributed by atoms with Crippen LogP contribution in [0.4, 0.5) is 0 Å². The molecule has 1 aromatic rings. The van der Waals surface area contributed by atoms with Gasteiger partial charge < -0.3 is 9.88 Å². The number of sulfonamides is 1. The lowest BCUT2D eigenvalue weighted by Gasteiger charge is -2.30. The number of piperazine rings is 1. The van der Waals surface area contributed by atoms with Gasteiger partial charge in [0.05, 0.1) is 0 Å². The van der Waals surface area contributed by atoms with E-state index in [1.54, 1.807) is 6.20 Å². The molecule has 0 saturated carbocycles. The molecule has 1 fully saturated rings. The van der Waals surface area contributed by atoms with Gasteiger partial charge in [0, 0.05) is 38.4 Å². The summed E-state index contributed by atoms with van der Waals surface area (Å²) in [6.07, 6.45) is 1.62. The number of nitrogens with zero attached hydrogens (tertiary/aromatic N) is 3. The Hall–Kier alpha value is -0.630. The third kappa shape index (κ3) is 3.28. The molecule has 0 aromatic carbocycles. The third-order valence-electron chi connectivity index (χ3n) is 3.23. The molecule has 0 unspecified atom stereocenters. The van der Waals surface area contributed by atoms with Crippen molar-refractivity contribution in [1.82, 2.24) is 19.2 Å². The van der Waals surface area contributed by atoms with Gasteiger partial charge in [-0.15, -0.1) is 12.4 Å². The average molecular weight is 309 g/mol. The first-order valence-corrected chi connectivity index (χ1v) is 7.66. The highest BCUT2D eigenvalue weighted by atomic mass is 35.5.